The smallest absolute Gasteiger partial charge is 0.126 e. The Morgan fingerprint density at radius 3 is 2.39 bits per heavy atom. The number of hydrogen-bond acceptors (Lipinski definition) is 2. The molecule has 1 aliphatic carbocycles. The Morgan fingerprint density at radius 1 is 1.11 bits per heavy atom. The predicted octanol–water partition coefficient (Wildman–Crippen LogP) is 3.46. The Balaban J connectivity index is 1.77. The van der Waals surface area contributed by atoms with E-state index in [1.807, 2.05) is 0 Å². The first-order chi connectivity index (χ1) is 8.79. The number of aliphatic hydroxyl groups is 1. The average molecular weight is 310 g/mol. The van der Waals surface area contributed by atoms with Crippen molar-refractivity contribution in [3.8, 4) is 0 Å². The van der Waals surface area contributed by atoms with Crippen LogP contribution in [0.25, 0.3) is 0 Å². The lowest BCUT2D eigenvalue weighted by Gasteiger charge is -2.24. The van der Waals surface area contributed by atoms with Crippen molar-refractivity contribution in [3.63, 3.8) is 0 Å². The molecule has 1 unspecified atom stereocenters. The highest BCUT2D eigenvalue weighted by molar-refractivity contribution is 9.09. The van der Waals surface area contributed by atoms with Gasteiger partial charge in [-0.3, -0.25) is 4.90 Å². The molecule has 0 amide bonds. The number of halogens is 1. The van der Waals surface area contributed by atoms with E-state index >= 15 is 0 Å². The summed E-state index contributed by atoms with van der Waals surface area (Å²) in [5.74, 6) is 0. The molecule has 1 saturated heterocycles. The highest BCUT2D eigenvalue weighted by atomic mass is 79.9. The largest absolute Gasteiger partial charge is 0.380 e. The molecule has 2 nitrogen and oxygen atoms in total. The van der Waals surface area contributed by atoms with Crippen molar-refractivity contribution in [1.29, 1.82) is 0 Å². The molecule has 2 fully saturated rings. The van der Waals surface area contributed by atoms with E-state index in [1.165, 1.54) is 37.7 Å². The fraction of sp³-hybridized carbons (Fsp3) is 0.600. The summed E-state index contributed by atoms with van der Waals surface area (Å²) in [5, 5.41) is 9.49. The van der Waals surface area contributed by atoms with Gasteiger partial charge in [-0.2, -0.15) is 0 Å². The van der Waals surface area contributed by atoms with Crippen LogP contribution in [0.3, 0.4) is 0 Å². The first-order valence-electron chi connectivity index (χ1n) is 6.93. The molecular formula is C15H20BrNO. The summed E-state index contributed by atoms with van der Waals surface area (Å²) in [6.45, 7) is 0. The lowest BCUT2D eigenvalue weighted by molar-refractivity contribution is 0.210. The molecule has 0 aromatic heterocycles. The summed E-state index contributed by atoms with van der Waals surface area (Å²) in [4.78, 5) is 2.51. The van der Waals surface area contributed by atoms with Gasteiger partial charge in [0.1, 0.15) is 5.01 Å². The third kappa shape index (κ3) is 2.36. The number of rotatable bonds is 3. The van der Waals surface area contributed by atoms with Gasteiger partial charge in [0.25, 0.3) is 0 Å². The topological polar surface area (TPSA) is 23.2 Å². The van der Waals surface area contributed by atoms with Crippen LogP contribution in [-0.2, 0) is 0 Å². The first kappa shape index (κ1) is 12.6. The zero-order valence-corrected chi connectivity index (χ0v) is 12.1. The van der Waals surface area contributed by atoms with Gasteiger partial charge in [-0.05, 0) is 18.4 Å². The molecule has 4 atom stereocenters. The van der Waals surface area contributed by atoms with Crippen molar-refractivity contribution < 1.29 is 5.11 Å². The number of aliphatic hydroxyl groups excluding tert-OH is 1. The molecule has 1 N–H and O–H groups in total. The molecule has 2 aliphatic rings. The van der Waals surface area contributed by atoms with Crippen LogP contribution in [0, 0.1) is 0 Å². The number of nitrogens with zero attached hydrogens (tertiary/aromatic N) is 1. The third-order valence-electron chi connectivity index (χ3n) is 4.32. The molecule has 1 heterocycles. The van der Waals surface area contributed by atoms with Gasteiger partial charge in [0.15, 0.2) is 0 Å². The SMILES string of the molecule is O[C@@H](Br)[C@H]1[C@@H](c2ccccc2)N1C1CCCCC1. The number of alkyl halides is 1. The Labute approximate surface area is 117 Å². The second-order valence-corrected chi connectivity index (χ2v) is 6.40. The molecule has 1 aliphatic heterocycles. The van der Waals surface area contributed by atoms with Crippen LogP contribution >= 0.6 is 15.9 Å². The zero-order valence-electron chi connectivity index (χ0n) is 10.5. The van der Waals surface area contributed by atoms with Gasteiger partial charge in [0.2, 0.25) is 0 Å². The maximum atomic E-state index is 9.90. The lowest BCUT2D eigenvalue weighted by Crippen LogP contribution is -2.26. The number of hydrogen-bond donors (Lipinski definition) is 1. The average Bonchev–Trinajstić information content (AvgIpc) is 3.16. The van der Waals surface area contributed by atoms with Crippen LogP contribution < -0.4 is 0 Å². The Morgan fingerprint density at radius 2 is 1.78 bits per heavy atom. The zero-order chi connectivity index (χ0) is 12.5. The second kappa shape index (κ2) is 5.32. The van der Waals surface area contributed by atoms with Crippen LogP contribution in [0.4, 0.5) is 0 Å². The number of benzene rings is 1. The highest BCUT2D eigenvalue weighted by Gasteiger charge is 2.54. The molecule has 18 heavy (non-hydrogen) atoms. The maximum Gasteiger partial charge on any atom is 0.126 e. The maximum absolute atomic E-state index is 9.90. The minimum Gasteiger partial charge on any atom is -0.380 e. The normalized spacial score (nSPS) is 34.2. The minimum atomic E-state index is -0.412. The summed E-state index contributed by atoms with van der Waals surface area (Å²) in [6.07, 6.45) is 6.64. The van der Waals surface area contributed by atoms with E-state index in [4.69, 9.17) is 0 Å². The molecular weight excluding hydrogens is 290 g/mol. The van der Waals surface area contributed by atoms with Gasteiger partial charge < -0.3 is 5.11 Å². The Bertz CT molecular complexity index is 389. The van der Waals surface area contributed by atoms with Gasteiger partial charge in [-0.25, -0.2) is 0 Å². The van der Waals surface area contributed by atoms with E-state index in [9.17, 15) is 5.11 Å². The fourth-order valence-electron chi connectivity index (χ4n) is 3.43. The minimum absolute atomic E-state index is 0.260. The molecule has 3 heteroatoms. The summed E-state index contributed by atoms with van der Waals surface area (Å²) in [7, 11) is 0. The quantitative estimate of drug-likeness (QED) is 0.682. The van der Waals surface area contributed by atoms with Crippen molar-refractivity contribution in [2.75, 3.05) is 0 Å². The standard InChI is InChI=1S/C15H20BrNO/c16-15(18)14-13(11-7-3-1-4-8-11)17(14)12-9-5-2-6-10-12/h1,3-4,7-8,12-15,18H,2,5-6,9-10H2/t13-,14-,15-,17?/m1/s1. The van der Waals surface area contributed by atoms with Crippen LogP contribution in [0.1, 0.15) is 43.7 Å². The molecule has 0 spiro atoms. The lowest BCUT2D eigenvalue weighted by atomic mass is 9.95. The predicted molar refractivity (Wildman–Crippen MR) is 76.6 cm³/mol. The van der Waals surface area contributed by atoms with Crippen molar-refractivity contribution in [3.05, 3.63) is 35.9 Å². The summed E-state index contributed by atoms with van der Waals surface area (Å²) < 4.78 is 0. The summed E-state index contributed by atoms with van der Waals surface area (Å²) in [6, 6.07) is 11.9. The highest BCUT2D eigenvalue weighted by Crippen LogP contribution is 2.50. The molecule has 3 rings (SSSR count). The Kier molecular flexibility index (Phi) is 3.73. The van der Waals surface area contributed by atoms with E-state index in [-0.39, 0.29) is 6.04 Å². The van der Waals surface area contributed by atoms with Crippen LogP contribution in [0.5, 0.6) is 0 Å². The summed E-state index contributed by atoms with van der Waals surface area (Å²) in [5.41, 5.74) is 1.34. The van der Waals surface area contributed by atoms with Crippen molar-refractivity contribution in [2.24, 2.45) is 0 Å². The fourth-order valence-corrected chi connectivity index (χ4v) is 3.99. The third-order valence-corrected chi connectivity index (χ3v) is 4.86. The monoisotopic (exact) mass is 309 g/mol. The van der Waals surface area contributed by atoms with Gasteiger partial charge in [0, 0.05) is 6.04 Å². The molecule has 1 aromatic rings. The van der Waals surface area contributed by atoms with Gasteiger partial charge >= 0.3 is 0 Å². The van der Waals surface area contributed by atoms with E-state index in [0.717, 1.165) is 0 Å². The molecule has 1 saturated carbocycles. The van der Waals surface area contributed by atoms with Crippen molar-refractivity contribution in [2.45, 2.75) is 55.2 Å². The van der Waals surface area contributed by atoms with Crippen LogP contribution in [0.15, 0.2) is 30.3 Å². The van der Waals surface area contributed by atoms with Crippen molar-refractivity contribution in [1.82, 2.24) is 4.90 Å². The molecule has 98 valence electrons. The van der Waals surface area contributed by atoms with Crippen LogP contribution in [-0.4, -0.2) is 27.1 Å². The van der Waals surface area contributed by atoms with E-state index in [0.29, 0.717) is 12.1 Å². The van der Waals surface area contributed by atoms with Gasteiger partial charge in [0.05, 0.1) is 12.1 Å². The van der Waals surface area contributed by atoms with Gasteiger partial charge in [-0.1, -0.05) is 65.5 Å². The van der Waals surface area contributed by atoms with E-state index in [2.05, 4.69) is 51.2 Å². The summed E-state index contributed by atoms with van der Waals surface area (Å²) >= 11 is 3.36. The molecule has 1 aromatic carbocycles. The second-order valence-electron chi connectivity index (χ2n) is 5.46. The van der Waals surface area contributed by atoms with Crippen LogP contribution in [0.2, 0.25) is 0 Å². The molecule has 0 bridgehead atoms. The van der Waals surface area contributed by atoms with E-state index in [1.54, 1.807) is 0 Å². The first-order valence-corrected chi connectivity index (χ1v) is 7.85. The van der Waals surface area contributed by atoms with Gasteiger partial charge in [-0.15, -0.1) is 0 Å². The van der Waals surface area contributed by atoms with Crippen molar-refractivity contribution >= 4 is 15.9 Å². The molecule has 0 radical (unpaired) electrons. The van der Waals surface area contributed by atoms with E-state index < -0.39 is 5.01 Å². The Hall–Kier alpha value is -0.380.